The van der Waals surface area contributed by atoms with Crippen molar-refractivity contribution in [1.82, 2.24) is 0 Å². The second kappa shape index (κ2) is 8.00. The molecule has 2 nitrogen and oxygen atoms in total. The van der Waals surface area contributed by atoms with Gasteiger partial charge in [0.15, 0.2) is 0 Å². The number of hydrogen-bond donors (Lipinski definition) is 1. The maximum Gasteiger partial charge on any atom is 0.119 e. The van der Waals surface area contributed by atoms with Crippen LogP contribution in [-0.2, 0) is 6.42 Å². The van der Waals surface area contributed by atoms with Gasteiger partial charge in [-0.2, -0.15) is 0 Å². The summed E-state index contributed by atoms with van der Waals surface area (Å²) in [4.78, 5) is 0. The third-order valence-electron chi connectivity index (χ3n) is 3.65. The van der Waals surface area contributed by atoms with Crippen molar-refractivity contribution >= 4 is 0 Å². The van der Waals surface area contributed by atoms with Gasteiger partial charge in [0.2, 0.25) is 0 Å². The first-order chi connectivity index (χ1) is 10.5. The molecule has 0 amide bonds. The van der Waals surface area contributed by atoms with Crippen LogP contribution < -0.4 is 4.74 Å². The molecule has 0 fully saturated rings. The number of benzene rings is 2. The molecule has 0 aliphatic carbocycles. The zero-order chi connectivity index (χ0) is 15.9. The van der Waals surface area contributed by atoms with Gasteiger partial charge in [-0.05, 0) is 48.9 Å². The monoisotopic (exact) mass is 298 g/mol. The molecule has 0 radical (unpaired) electrons. The summed E-state index contributed by atoms with van der Waals surface area (Å²) in [6.07, 6.45) is 1.14. The summed E-state index contributed by atoms with van der Waals surface area (Å²) in [5, 5.41) is 10.3. The molecule has 2 aromatic rings. The van der Waals surface area contributed by atoms with Gasteiger partial charge in [-0.25, -0.2) is 0 Å². The van der Waals surface area contributed by atoms with Crippen LogP contribution in [0.25, 0.3) is 0 Å². The van der Waals surface area contributed by atoms with Gasteiger partial charge in [0, 0.05) is 0 Å². The van der Waals surface area contributed by atoms with Gasteiger partial charge in [-0.15, -0.1) is 0 Å². The lowest BCUT2D eigenvalue weighted by Crippen LogP contribution is -2.05. The predicted molar refractivity (Wildman–Crippen MR) is 91.2 cm³/mol. The van der Waals surface area contributed by atoms with Gasteiger partial charge >= 0.3 is 0 Å². The molecule has 1 unspecified atom stereocenters. The van der Waals surface area contributed by atoms with Gasteiger partial charge in [0.25, 0.3) is 0 Å². The molecule has 0 saturated carbocycles. The summed E-state index contributed by atoms with van der Waals surface area (Å²) in [6.45, 7) is 7.07. The van der Waals surface area contributed by atoms with Gasteiger partial charge in [-0.3, -0.25) is 0 Å². The smallest absolute Gasteiger partial charge is 0.119 e. The molecular formula is C20H26O2. The van der Waals surface area contributed by atoms with Crippen molar-refractivity contribution in [3.8, 4) is 5.75 Å². The molecule has 1 N–H and O–H groups in total. The molecule has 2 heteroatoms. The molecule has 0 saturated heterocycles. The lowest BCUT2D eigenvalue weighted by atomic mass is 10.0. The summed E-state index contributed by atoms with van der Waals surface area (Å²) in [6, 6.07) is 16.3. The first-order valence-electron chi connectivity index (χ1n) is 8.01. The van der Waals surface area contributed by atoms with E-state index in [-0.39, 0.29) is 0 Å². The van der Waals surface area contributed by atoms with Crippen molar-refractivity contribution in [3.05, 3.63) is 65.2 Å². The lowest BCUT2D eigenvalue weighted by molar-refractivity contribution is 0.168. The summed E-state index contributed by atoms with van der Waals surface area (Å²) in [7, 11) is 0. The fourth-order valence-electron chi connectivity index (χ4n) is 2.31. The average molecular weight is 298 g/mol. The fraction of sp³-hybridized carbons (Fsp3) is 0.400. The molecule has 0 spiro atoms. The van der Waals surface area contributed by atoms with Crippen LogP contribution in [0.1, 0.15) is 43.1 Å². The van der Waals surface area contributed by atoms with Gasteiger partial charge < -0.3 is 9.84 Å². The normalized spacial score (nSPS) is 12.4. The summed E-state index contributed by atoms with van der Waals surface area (Å²) in [5.74, 6) is 1.43. The van der Waals surface area contributed by atoms with Crippen LogP contribution in [0.4, 0.5) is 0 Å². The van der Waals surface area contributed by atoms with Crippen LogP contribution in [0.5, 0.6) is 5.75 Å². The van der Waals surface area contributed by atoms with E-state index in [1.807, 2.05) is 36.4 Å². The number of ether oxygens (including phenoxy) is 1. The van der Waals surface area contributed by atoms with Crippen LogP contribution in [0.3, 0.4) is 0 Å². The molecule has 118 valence electrons. The molecule has 0 aliphatic heterocycles. The Kier molecular flexibility index (Phi) is 6.02. The van der Waals surface area contributed by atoms with E-state index < -0.39 is 6.10 Å². The number of hydrogen-bond acceptors (Lipinski definition) is 2. The third-order valence-corrected chi connectivity index (χ3v) is 3.65. The Balaban J connectivity index is 1.90. The van der Waals surface area contributed by atoms with Crippen molar-refractivity contribution in [2.24, 2.45) is 5.92 Å². The minimum atomic E-state index is -0.416. The van der Waals surface area contributed by atoms with E-state index in [1.54, 1.807) is 0 Å². The van der Waals surface area contributed by atoms with Crippen molar-refractivity contribution in [1.29, 1.82) is 0 Å². The van der Waals surface area contributed by atoms with Crippen LogP contribution in [0.15, 0.2) is 48.5 Å². The molecule has 22 heavy (non-hydrogen) atoms. The minimum absolute atomic E-state index is 0.416. The number of aliphatic hydroxyl groups is 1. The SMILES string of the molecule is Cc1ccc(C(O)CCc2cccc(OCC(C)C)c2)cc1. The Labute approximate surface area is 133 Å². The van der Waals surface area contributed by atoms with Gasteiger partial charge in [0.05, 0.1) is 12.7 Å². The zero-order valence-corrected chi connectivity index (χ0v) is 13.8. The second-order valence-corrected chi connectivity index (χ2v) is 6.32. The number of aryl methyl sites for hydroxylation is 2. The van der Waals surface area contributed by atoms with E-state index in [1.165, 1.54) is 11.1 Å². The summed E-state index contributed by atoms with van der Waals surface area (Å²) < 4.78 is 5.75. The van der Waals surface area contributed by atoms with Crippen LogP contribution in [-0.4, -0.2) is 11.7 Å². The van der Waals surface area contributed by atoms with Gasteiger partial charge in [-0.1, -0.05) is 55.8 Å². The Bertz CT molecular complexity index is 573. The molecular weight excluding hydrogens is 272 g/mol. The fourth-order valence-corrected chi connectivity index (χ4v) is 2.31. The Hall–Kier alpha value is -1.80. The lowest BCUT2D eigenvalue weighted by Gasteiger charge is -2.13. The second-order valence-electron chi connectivity index (χ2n) is 6.32. The van der Waals surface area contributed by atoms with Gasteiger partial charge in [0.1, 0.15) is 5.75 Å². The highest BCUT2D eigenvalue weighted by Crippen LogP contribution is 2.21. The van der Waals surface area contributed by atoms with Crippen LogP contribution in [0, 0.1) is 12.8 Å². The summed E-state index contributed by atoms with van der Waals surface area (Å²) in [5.41, 5.74) is 3.40. The first-order valence-corrected chi connectivity index (χ1v) is 8.01. The van der Waals surface area contributed by atoms with Crippen molar-refractivity contribution < 1.29 is 9.84 Å². The summed E-state index contributed by atoms with van der Waals surface area (Å²) >= 11 is 0. The molecule has 1 atom stereocenters. The molecule has 0 aliphatic rings. The topological polar surface area (TPSA) is 29.5 Å². The quantitative estimate of drug-likeness (QED) is 0.803. The number of rotatable bonds is 7. The molecule has 0 heterocycles. The average Bonchev–Trinajstić information content (AvgIpc) is 2.52. The Morgan fingerprint density at radius 2 is 1.77 bits per heavy atom. The van der Waals surface area contributed by atoms with Crippen molar-refractivity contribution in [3.63, 3.8) is 0 Å². The third kappa shape index (κ3) is 5.19. The Morgan fingerprint density at radius 1 is 1.05 bits per heavy atom. The van der Waals surface area contributed by atoms with E-state index >= 15 is 0 Å². The highest BCUT2D eigenvalue weighted by atomic mass is 16.5. The first kappa shape index (κ1) is 16.6. The molecule has 0 aromatic heterocycles. The maximum absolute atomic E-state index is 10.3. The predicted octanol–water partition coefficient (Wildman–Crippen LogP) is 4.70. The van der Waals surface area contributed by atoms with E-state index in [2.05, 4.69) is 32.9 Å². The van der Waals surface area contributed by atoms with Crippen LogP contribution in [0.2, 0.25) is 0 Å². The standard InChI is InChI=1S/C20H26O2/c1-15(2)14-22-19-6-4-5-17(13-19)9-12-20(21)18-10-7-16(3)8-11-18/h4-8,10-11,13,15,20-21H,9,12,14H2,1-3H3. The van der Waals surface area contributed by atoms with E-state index in [9.17, 15) is 5.11 Å². The molecule has 0 bridgehead atoms. The van der Waals surface area contributed by atoms with Crippen molar-refractivity contribution in [2.45, 2.75) is 39.7 Å². The highest BCUT2D eigenvalue weighted by Gasteiger charge is 2.08. The maximum atomic E-state index is 10.3. The number of aliphatic hydroxyl groups excluding tert-OH is 1. The van der Waals surface area contributed by atoms with E-state index in [0.29, 0.717) is 5.92 Å². The zero-order valence-electron chi connectivity index (χ0n) is 13.8. The largest absolute Gasteiger partial charge is 0.493 e. The minimum Gasteiger partial charge on any atom is -0.493 e. The molecule has 2 rings (SSSR count). The molecule has 2 aromatic carbocycles. The Morgan fingerprint density at radius 3 is 2.45 bits per heavy atom. The highest BCUT2D eigenvalue weighted by molar-refractivity contribution is 5.29. The van der Waals surface area contributed by atoms with E-state index in [4.69, 9.17) is 4.74 Å². The van der Waals surface area contributed by atoms with Crippen LogP contribution >= 0.6 is 0 Å². The van der Waals surface area contributed by atoms with Crippen molar-refractivity contribution in [2.75, 3.05) is 6.61 Å². The van der Waals surface area contributed by atoms with E-state index in [0.717, 1.165) is 30.8 Å².